The second-order valence-electron chi connectivity index (χ2n) is 5.29. The van der Waals surface area contributed by atoms with E-state index in [0.717, 1.165) is 24.8 Å². The van der Waals surface area contributed by atoms with Crippen molar-refractivity contribution in [3.63, 3.8) is 0 Å². The van der Waals surface area contributed by atoms with Gasteiger partial charge in [0.15, 0.2) is 0 Å². The third-order valence-electron chi connectivity index (χ3n) is 3.88. The Balaban J connectivity index is 1.83. The van der Waals surface area contributed by atoms with Gasteiger partial charge in [0.2, 0.25) is 0 Å². The average Bonchev–Trinajstić information content (AvgIpc) is 2.71. The van der Waals surface area contributed by atoms with E-state index in [-0.39, 0.29) is 5.75 Å². The molecule has 2 heterocycles. The Labute approximate surface area is 102 Å². The Kier molecular flexibility index (Phi) is 2.71. The highest BCUT2D eigenvalue weighted by atomic mass is 16.5. The first kappa shape index (κ1) is 10.9. The van der Waals surface area contributed by atoms with Crippen molar-refractivity contribution in [2.45, 2.75) is 25.8 Å². The Morgan fingerprint density at radius 3 is 3.12 bits per heavy atom. The van der Waals surface area contributed by atoms with Crippen LogP contribution < -0.4 is 4.74 Å². The van der Waals surface area contributed by atoms with E-state index < -0.39 is 0 Å². The molecule has 2 atom stereocenters. The SMILES string of the molecule is CC1CCCN(C2COc3cc(O)ccc32)C1. The number of rotatable bonds is 1. The van der Waals surface area contributed by atoms with Crippen LogP contribution >= 0.6 is 0 Å². The summed E-state index contributed by atoms with van der Waals surface area (Å²) >= 11 is 0. The Hall–Kier alpha value is -1.22. The summed E-state index contributed by atoms with van der Waals surface area (Å²) in [7, 11) is 0. The Morgan fingerprint density at radius 1 is 1.41 bits per heavy atom. The van der Waals surface area contributed by atoms with Gasteiger partial charge in [-0.05, 0) is 37.4 Å². The number of aromatic hydroxyl groups is 1. The van der Waals surface area contributed by atoms with Gasteiger partial charge in [-0.2, -0.15) is 0 Å². The standard InChI is InChI=1S/C14H19NO2/c1-10-3-2-6-15(8-10)13-9-17-14-7-11(16)4-5-12(13)14/h4-5,7,10,13,16H,2-3,6,8-9H2,1H3. The maximum atomic E-state index is 9.44. The number of phenolic OH excluding ortho intramolecular Hbond substituents is 1. The van der Waals surface area contributed by atoms with Crippen LogP contribution in [-0.2, 0) is 0 Å². The third-order valence-corrected chi connectivity index (χ3v) is 3.88. The first-order valence-corrected chi connectivity index (χ1v) is 6.44. The number of piperidine rings is 1. The number of benzene rings is 1. The van der Waals surface area contributed by atoms with Crippen molar-refractivity contribution >= 4 is 0 Å². The summed E-state index contributed by atoms with van der Waals surface area (Å²) in [5, 5.41) is 9.44. The zero-order chi connectivity index (χ0) is 11.8. The third kappa shape index (κ3) is 2.00. The van der Waals surface area contributed by atoms with Gasteiger partial charge in [0.05, 0.1) is 6.04 Å². The molecule has 3 heteroatoms. The van der Waals surface area contributed by atoms with E-state index in [1.807, 2.05) is 6.07 Å². The van der Waals surface area contributed by atoms with Gasteiger partial charge < -0.3 is 9.84 Å². The quantitative estimate of drug-likeness (QED) is 0.809. The minimum absolute atomic E-state index is 0.288. The predicted molar refractivity (Wildman–Crippen MR) is 66.3 cm³/mol. The zero-order valence-electron chi connectivity index (χ0n) is 10.2. The molecule has 2 unspecified atom stereocenters. The number of hydrogen-bond acceptors (Lipinski definition) is 3. The van der Waals surface area contributed by atoms with Crippen molar-refractivity contribution in [3.05, 3.63) is 23.8 Å². The molecule has 1 fully saturated rings. The van der Waals surface area contributed by atoms with Crippen LogP contribution in [0.3, 0.4) is 0 Å². The van der Waals surface area contributed by atoms with Crippen LogP contribution in [-0.4, -0.2) is 29.7 Å². The van der Waals surface area contributed by atoms with Gasteiger partial charge in [-0.15, -0.1) is 0 Å². The minimum Gasteiger partial charge on any atom is -0.508 e. The molecule has 3 rings (SSSR count). The molecule has 0 amide bonds. The number of ether oxygens (including phenoxy) is 1. The molecule has 1 saturated heterocycles. The number of fused-ring (bicyclic) bond motifs is 1. The number of nitrogens with zero attached hydrogens (tertiary/aromatic N) is 1. The smallest absolute Gasteiger partial charge is 0.127 e. The number of phenols is 1. The summed E-state index contributed by atoms with van der Waals surface area (Å²) < 4.78 is 5.68. The van der Waals surface area contributed by atoms with Crippen LogP contribution in [0.1, 0.15) is 31.4 Å². The van der Waals surface area contributed by atoms with Gasteiger partial charge in [-0.3, -0.25) is 4.90 Å². The molecular weight excluding hydrogens is 214 g/mol. The molecule has 92 valence electrons. The summed E-state index contributed by atoms with van der Waals surface area (Å²) in [6.07, 6.45) is 2.62. The first-order valence-electron chi connectivity index (χ1n) is 6.44. The van der Waals surface area contributed by atoms with E-state index in [4.69, 9.17) is 4.74 Å². The normalized spacial score (nSPS) is 28.8. The topological polar surface area (TPSA) is 32.7 Å². The largest absolute Gasteiger partial charge is 0.508 e. The molecule has 2 aliphatic heterocycles. The molecular formula is C14H19NO2. The second-order valence-corrected chi connectivity index (χ2v) is 5.29. The van der Waals surface area contributed by atoms with Crippen LogP contribution in [0, 0.1) is 5.92 Å². The van der Waals surface area contributed by atoms with E-state index in [0.29, 0.717) is 6.04 Å². The molecule has 2 aliphatic rings. The van der Waals surface area contributed by atoms with Crippen molar-refractivity contribution in [2.24, 2.45) is 5.92 Å². The molecule has 3 nitrogen and oxygen atoms in total. The zero-order valence-corrected chi connectivity index (χ0v) is 10.2. The highest BCUT2D eigenvalue weighted by Crippen LogP contribution is 2.39. The fourth-order valence-electron chi connectivity index (χ4n) is 2.99. The van der Waals surface area contributed by atoms with E-state index in [1.165, 1.54) is 24.9 Å². The van der Waals surface area contributed by atoms with Gasteiger partial charge in [-0.25, -0.2) is 0 Å². The maximum Gasteiger partial charge on any atom is 0.127 e. The average molecular weight is 233 g/mol. The summed E-state index contributed by atoms with van der Waals surface area (Å²) in [6.45, 7) is 5.37. The summed E-state index contributed by atoms with van der Waals surface area (Å²) in [5.41, 5.74) is 1.23. The molecule has 1 aromatic carbocycles. The van der Waals surface area contributed by atoms with Crippen LogP contribution in [0.25, 0.3) is 0 Å². The van der Waals surface area contributed by atoms with Crippen LogP contribution in [0.15, 0.2) is 18.2 Å². The van der Waals surface area contributed by atoms with Gasteiger partial charge in [-0.1, -0.05) is 6.92 Å². The second kappa shape index (κ2) is 4.22. The van der Waals surface area contributed by atoms with E-state index in [2.05, 4.69) is 11.8 Å². The van der Waals surface area contributed by atoms with Crippen LogP contribution in [0.5, 0.6) is 11.5 Å². The van der Waals surface area contributed by atoms with Crippen molar-refractivity contribution in [2.75, 3.05) is 19.7 Å². The first-order chi connectivity index (χ1) is 8.24. The van der Waals surface area contributed by atoms with Gasteiger partial charge >= 0.3 is 0 Å². The molecule has 0 aromatic heterocycles. The minimum atomic E-state index is 0.288. The van der Waals surface area contributed by atoms with Crippen LogP contribution in [0.2, 0.25) is 0 Å². The van der Waals surface area contributed by atoms with E-state index >= 15 is 0 Å². The lowest BCUT2D eigenvalue weighted by molar-refractivity contribution is 0.111. The van der Waals surface area contributed by atoms with E-state index in [1.54, 1.807) is 12.1 Å². The van der Waals surface area contributed by atoms with Crippen molar-refractivity contribution in [3.8, 4) is 11.5 Å². The van der Waals surface area contributed by atoms with Crippen LogP contribution in [0.4, 0.5) is 0 Å². The van der Waals surface area contributed by atoms with Crippen molar-refractivity contribution in [1.82, 2.24) is 4.90 Å². The number of likely N-dealkylation sites (tertiary alicyclic amines) is 1. The summed E-state index contributed by atoms with van der Waals surface area (Å²) in [4.78, 5) is 2.52. The van der Waals surface area contributed by atoms with Gasteiger partial charge in [0.25, 0.3) is 0 Å². The molecule has 0 spiro atoms. The molecule has 0 aliphatic carbocycles. The van der Waals surface area contributed by atoms with Gasteiger partial charge in [0, 0.05) is 18.2 Å². The van der Waals surface area contributed by atoms with Crippen molar-refractivity contribution in [1.29, 1.82) is 0 Å². The maximum absolute atomic E-state index is 9.44. The molecule has 0 saturated carbocycles. The molecule has 1 aromatic rings. The lowest BCUT2D eigenvalue weighted by Crippen LogP contribution is -2.38. The molecule has 17 heavy (non-hydrogen) atoms. The fourth-order valence-corrected chi connectivity index (χ4v) is 2.99. The fraction of sp³-hybridized carbons (Fsp3) is 0.571. The predicted octanol–water partition coefficient (Wildman–Crippen LogP) is 2.56. The van der Waals surface area contributed by atoms with Gasteiger partial charge in [0.1, 0.15) is 18.1 Å². The monoisotopic (exact) mass is 233 g/mol. The lowest BCUT2D eigenvalue weighted by atomic mass is 9.97. The highest BCUT2D eigenvalue weighted by Gasteiger charge is 2.31. The summed E-state index contributed by atoms with van der Waals surface area (Å²) in [5.74, 6) is 1.93. The molecule has 0 bridgehead atoms. The molecule has 1 N–H and O–H groups in total. The Morgan fingerprint density at radius 2 is 2.29 bits per heavy atom. The molecule has 0 radical (unpaired) electrons. The Bertz CT molecular complexity index is 419. The summed E-state index contributed by atoms with van der Waals surface area (Å²) in [6, 6.07) is 5.87. The van der Waals surface area contributed by atoms with E-state index in [9.17, 15) is 5.11 Å². The highest BCUT2D eigenvalue weighted by molar-refractivity contribution is 5.44. The number of hydrogen-bond donors (Lipinski definition) is 1. The lowest BCUT2D eigenvalue weighted by Gasteiger charge is -2.34. The van der Waals surface area contributed by atoms with Crippen molar-refractivity contribution < 1.29 is 9.84 Å².